The summed E-state index contributed by atoms with van der Waals surface area (Å²) in [4.78, 5) is 15.0. The third kappa shape index (κ3) is 2.12. The number of hydrogen-bond donors (Lipinski definition) is 1. The maximum absolute atomic E-state index is 10.9. The Kier molecular flexibility index (Phi) is 3.02. The largest absolute Gasteiger partial charge is 0.489 e. The molecule has 1 fully saturated rings. The highest BCUT2D eigenvalue weighted by atomic mass is 32.1. The van der Waals surface area contributed by atoms with Gasteiger partial charge in [0.2, 0.25) is 5.91 Å². The van der Waals surface area contributed by atoms with Crippen LogP contribution in [0.25, 0.3) is 0 Å². The average Bonchev–Trinajstić information content (AvgIpc) is 2.73. The van der Waals surface area contributed by atoms with E-state index in [2.05, 4.69) is 4.90 Å². The lowest BCUT2D eigenvalue weighted by atomic mass is 10.2. The van der Waals surface area contributed by atoms with E-state index >= 15 is 0 Å². The van der Waals surface area contributed by atoms with Crippen LogP contribution in [0.4, 0.5) is 5.69 Å². The molecular formula is C13H15N3O2S. The van der Waals surface area contributed by atoms with Crippen molar-refractivity contribution in [3.63, 3.8) is 0 Å². The van der Waals surface area contributed by atoms with Gasteiger partial charge in [-0.3, -0.25) is 4.79 Å². The molecule has 19 heavy (non-hydrogen) atoms. The number of amides is 1. The number of anilines is 1. The van der Waals surface area contributed by atoms with Crippen molar-refractivity contribution in [3.05, 3.63) is 24.3 Å². The Hall–Kier alpha value is -1.82. The summed E-state index contributed by atoms with van der Waals surface area (Å²) in [5, 5.41) is 0.752. The monoisotopic (exact) mass is 277 g/mol. The standard InChI is InChI=1S/C13H15N3O2S/c14-12(17)5-6-15-7-9-8-18-11-4-2-1-3-10(11)16(9)13(15)19/h1-4,9H,5-8H2,(H2,14,17). The molecule has 1 unspecified atom stereocenters. The van der Waals surface area contributed by atoms with Crippen molar-refractivity contribution in [2.75, 3.05) is 24.6 Å². The molecule has 0 aromatic heterocycles. The van der Waals surface area contributed by atoms with Crippen LogP contribution >= 0.6 is 12.2 Å². The SMILES string of the molecule is NC(=O)CCN1CC2COc3ccccc3N2C1=S. The molecule has 0 saturated carbocycles. The predicted molar refractivity (Wildman–Crippen MR) is 76.2 cm³/mol. The summed E-state index contributed by atoms with van der Waals surface area (Å²) < 4.78 is 5.74. The van der Waals surface area contributed by atoms with Gasteiger partial charge in [0.05, 0.1) is 11.7 Å². The highest BCUT2D eigenvalue weighted by Gasteiger charge is 2.39. The number of rotatable bonds is 3. The Morgan fingerprint density at radius 2 is 2.26 bits per heavy atom. The van der Waals surface area contributed by atoms with Crippen LogP contribution in [-0.2, 0) is 4.79 Å². The molecule has 1 saturated heterocycles. The number of nitrogens with two attached hydrogens (primary N) is 1. The lowest BCUT2D eigenvalue weighted by Crippen LogP contribution is -2.41. The van der Waals surface area contributed by atoms with Crippen molar-refractivity contribution in [2.45, 2.75) is 12.5 Å². The maximum Gasteiger partial charge on any atom is 0.219 e. The van der Waals surface area contributed by atoms with E-state index < -0.39 is 0 Å². The molecule has 1 atom stereocenters. The van der Waals surface area contributed by atoms with E-state index in [1.54, 1.807) is 0 Å². The van der Waals surface area contributed by atoms with Gasteiger partial charge in [-0.2, -0.15) is 0 Å². The van der Waals surface area contributed by atoms with E-state index in [-0.39, 0.29) is 11.9 Å². The zero-order chi connectivity index (χ0) is 13.4. The summed E-state index contributed by atoms with van der Waals surface area (Å²) in [5.74, 6) is 0.558. The molecule has 3 rings (SSSR count). The van der Waals surface area contributed by atoms with Crippen LogP contribution in [0.1, 0.15) is 6.42 Å². The predicted octanol–water partition coefficient (Wildman–Crippen LogP) is 0.730. The van der Waals surface area contributed by atoms with E-state index in [1.807, 2.05) is 29.2 Å². The highest BCUT2D eigenvalue weighted by Crippen LogP contribution is 2.37. The van der Waals surface area contributed by atoms with Crippen LogP contribution in [0.15, 0.2) is 24.3 Å². The Morgan fingerprint density at radius 1 is 1.47 bits per heavy atom. The van der Waals surface area contributed by atoms with E-state index in [9.17, 15) is 4.79 Å². The van der Waals surface area contributed by atoms with Gasteiger partial charge in [0.25, 0.3) is 0 Å². The summed E-state index contributed by atoms with van der Waals surface area (Å²) in [6.07, 6.45) is 0.323. The Balaban J connectivity index is 1.82. The van der Waals surface area contributed by atoms with Crippen LogP contribution in [0.3, 0.4) is 0 Å². The van der Waals surface area contributed by atoms with Gasteiger partial charge in [0.1, 0.15) is 12.4 Å². The molecule has 0 radical (unpaired) electrons. The number of carbonyl (C=O) groups is 1. The number of primary amides is 1. The summed E-state index contributed by atoms with van der Waals surface area (Å²) in [5.41, 5.74) is 6.20. The summed E-state index contributed by atoms with van der Waals surface area (Å²) in [7, 11) is 0. The molecule has 0 bridgehead atoms. The lowest BCUT2D eigenvalue weighted by Gasteiger charge is -2.31. The van der Waals surface area contributed by atoms with Crippen LogP contribution < -0.4 is 15.4 Å². The van der Waals surface area contributed by atoms with E-state index in [4.69, 9.17) is 22.7 Å². The molecule has 1 aromatic rings. The number of nitrogens with zero attached hydrogens (tertiary/aromatic N) is 2. The Labute approximate surface area is 116 Å². The second-order valence-corrected chi connectivity index (χ2v) is 5.11. The quantitative estimate of drug-likeness (QED) is 0.825. The van der Waals surface area contributed by atoms with Crippen LogP contribution in [0, 0.1) is 0 Å². The van der Waals surface area contributed by atoms with Gasteiger partial charge in [0, 0.05) is 19.5 Å². The van der Waals surface area contributed by atoms with Crippen LogP contribution in [-0.4, -0.2) is 41.7 Å². The Morgan fingerprint density at radius 3 is 3.05 bits per heavy atom. The number of ether oxygens (including phenoxy) is 1. The molecule has 2 aliphatic rings. The van der Waals surface area contributed by atoms with Crippen molar-refractivity contribution < 1.29 is 9.53 Å². The number of para-hydroxylation sites is 2. The van der Waals surface area contributed by atoms with Gasteiger partial charge in [-0.25, -0.2) is 0 Å². The zero-order valence-corrected chi connectivity index (χ0v) is 11.2. The summed E-state index contributed by atoms with van der Waals surface area (Å²) in [6.45, 7) is 1.97. The molecule has 6 heteroatoms. The van der Waals surface area contributed by atoms with Crippen molar-refractivity contribution in [2.24, 2.45) is 5.73 Å². The molecule has 1 aromatic carbocycles. The second-order valence-electron chi connectivity index (χ2n) is 4.75. The van der Waals surface area contributed by atoms with Crippen molar-refractivity contribution >= 4 is 28.9 Å². The van der Waals surface area contributed by atoms with E-state index in [0.29, 0.717) is 19.6 Å². The fraction of sp³-hybridized carbons (Fsp3) is 0.385. The van der Waals surface area contributed by atoms with Gasteiger partial charge < -0.3 is 20.3 Å². The normalized spacial score (nSPS) is 20.8. The third-order valence-electron chi connectivity index (χ3n) is 3.46. The fourth-order valence-corrected chi connectivity index (χ4v) is 2.96. The summed E-state index contributed by atoms with van der Waals surface area (Å²) in [6, 6.07) is 8.09. The topological polar surface area (TPSA) is 58.8 Å². The molecule has 0 spiro atoms. The number of benzene rings is 1. The molecule has 2 N–H and O–H groups in total. The first-order chi connectivity index (χ1) is 9.16. The first-order valence-corrected chi connectivity index (χ1v) is 6.66. The molecule has 5 nitrogen and oxygen atoms in total. The maximum atomic E-state index is 10.9. The second kappa shape index (κ2) is 4.70. The fourth-order valence-electron chi connectivity index (χ4n) is 2.55. The number of hydrogen-bond acceptors (Lipinski definition) is 3. The molecule has 2 heterocycles. The number of thiocarbonyl (C=S) groups is 1. The molecular weight excluding hydrogens is 262 g/mol. The van der Waals surface area contributed by atoms with Gasteiger partial charge in [0.15, 0.2) is 5.11 Å². The Bertz CT molecular complexity index is 534. The summed E-state index contributed by atoms with van der Waals surface area (Å²) >= 11 is 5.51. The smallest absolute Gasteiger partial charge is 0.219 e. The number of carbonyl (C=O) groups excluding carboxylic acids is 1. The van der Waals surface area contributed by atoms with Crippen LogP contribution in [0.5, 0.6) is 5.75 Å². The molecule has 100 valence electrons. The van der Waals surface area contributed by atoms with Gasteiger partial charge in [-0.1, -0.05) is 12.1 Å². The van der Waals surface area contributed by atoms with Crippen molar-refractivity contribution in [3.8, 4) is 5.75 Å². The first-order valence-electron chi connectivity index (χ1n) is 6.25. The van der Waals surface area contributed by atoms with Crippen molar-refractivity contribution in [1.29, 1.82) is 0 Å². The van der Waals surface area contributed by atoms with Gasteiger partial charge >= 0.3 is 0 Å². The van der Waals surface area contributed by atoms with Gasteiger partial charge in [-0.05, 0) is 24.4 Å². The third-order valence-corrected chi connectivity index (χ3v) is 3.91. The molecule has 0 aliphatic carbocycles. The van der Waals surface area contributed by atoms with Crippen LogP contribution in [0.2, 0.25) is 0 Å². The van der Waals surface area contributed by atoms with E-state index in [0.717, 1.165) is 23.1 Å². The molecule has 1 amide bonds. The minimum atomic E-state index is -0.302. The zero-order valence-electron chi connectivity index (χ0n) is 10.4. The average molecular weight is 277 g/mol. The lowest BCUT2D eigenvalue weighted by molar-refractivity contribution is -0.118. The highest BCUT2D eigenvalue weighted by molar-refractivity contribution is 7.80. The first kappa shape index (κ1) is 12.2. The molecule has 2 aliphatic heterocycles. The number of fused-ring (bicyclic) bond motifs is 3. The minimum Gasteiger partial charge on any atom is -0.489 e. The van der Waals surface area contributed by atoms with E-state index in [1.165, 1.54) is 0 Å². The van der Waals surface area contributed by atoms with Gasteiger partial charge in [-0.15, -0.1) is 0 Å². The van der Waals surface area contributed by atoms with Crippen molar-refractivity contribution in [1.82, 2.24) is 4.90 Å². The minimum absolute atomic E-state index is 0.218.